The number of hydrogen-bond donors (Lipinski definition) is 3. The number of amides is 3. The van der Waals surface area contributed by atoms with Crippen molar-refractivity contribution in [3.05, 3.63) is 0 Å². The number of ether oxygens (including phenoxy) is 1. The van der Waals surface area contributed by atoms with E-state index in [-0.39, 0.29) is 31.7 Å². The number of carboxylic acid groups (broad SMARTS) is 1. The maximum atomic E-state index is 11.8. The normalized spacial score (nSPS) is 11.2. The molecule has 0 aromatic carbocycles. The second-order valence-corrected chi connectivity index (χ2v) is 4.30. The fourth-order valence-electron chi connectivity index (χ4n) is 1.38. The smallest absolute Gasteiger partial charge is 0.326 e. The van der Waals surface area contributed by atoms with E-state index < -0.39 is 24.0 Å². The summed E-state index contributed by atoms with van der Waals surface area (Å²) in [5.41, 5.74) is 0. The van der Waals surface area contributed by atoms with Crippen LogP contribution in [-0.4, -0.2) is 67.7 Å². The molecule has 9 nitrogen and oxygen atoms in total. The number of hydrogen-bond acceptors (Lipinski definition) is 5. The second-order valence-electron chi connectivity index (χ2n) is 4.30. The average molecular weight is 303 g/mol. The van der Waals surface area contributed by atoms with Gasteiger partial charge in [-0.1, -0.05) is 0 Å². The molecular weight excluding hydrogens is 282 g/mol. The second kappa shape index (κ2) is 9.56. The maximum absolute atomic E-state index is 11.8. The van der Waals surface area contributed by atoms with Crippen LogP contribution in [0.25, 0.3) is 0 Å². The van der Waals surface area contributed by atoms with Gasteiger partial charge < -0.3 is 25.4 Å². The predicted molar refractivity (Wildman–Crippen MR) is 72.5 cm³/mol. The van der Waals surface area contributed by atoms with Gasteiger partial charge in [0, 0.05) is 33.5 Å². The van der Waals surface area contributed by atoms with E-state index in [9.17, 15) is 19.2 Å². The molecule has 21 heavy (non-hydrogen) atoms. The Morgan fingerprint density at radius 2 is 1.86 bits per heavy atom. The maximum Gasteiger partial charge on any atom is 0.326 e. The Bertz CT molecular complexity index is 398. The molecule has 0 aromatic rings. The minimum Gasteiger partial charge on any atom is -0.480 e. The number of nitrogens with zero attached hydrogens (tertiary/aromatic N) is 1. The van der Waals surface area contributed by atoms with Crippen LogP contribution < -0.4 is 10.6 Å². The fraction of sp³-hybridized carbons (Fsp3) is 0.667. The zero-order chi connectivity index (χ0) is 16.4. The van der Waals surface area contributed by atoms with Crippen LogP contribution >= 0.6 is 0 Å². The first kappa shape index (κ1) is 18.7. The summed E-state index contributed by atoms with van der Waals surface area (Å²) in [6.45, 7) is 0.148. The standard InChI is InChI=1S/C12H21N3O6/c1-13-9(16)6-7-15(2)12(20)14-8(11(18)19)4-5-10(17)21-3/h8H,4-7H2,1-3H3,(H,13,16)(H,14,20)(H,18,19)/t8-/m1/s1. The summed E-state index contributed by atoms with van der Waals surface area (Å²) < 4.78 is 4.41. The topological polar surface area (TPSA) is 125 Å². The molecule has 0 fully saturated rings. The van der Waals surface area contributed by atoms with Crippen LogP contribution in [0.1, 0.15) is 19.3 Å². The largest absolute Gasteiger partial charge is 0.480 e. The lowest BCUT2D eigenvalue weighted by Crippen LogP contribution is -2.47. The molecule has 120 valence electrons. The zero-order valence-corrected chi connectivity index (χ0v) is 12.3. The van der Waals surface area contributed by atoms with Crippen molar-refractivity contribution in [1.82, 2.24) is 15.5 Å². The number of aliphatic carboxylic acids is 1. The van der Waals surface area contributed by atoms with Gasteiger partial charge >= 0.3 is 18.0 Å². The number of carbonyl (C=O) groups is 4. The molecule has 0 rings (SSSR count). The molecule has 0 unspecified atom stereocenters. The van der Waals surface area contributed by atoms with Gasteiger partial charge in [0.25, 0.3) is 0 Å². The number of nitrogens with one attached hydrogen (secondary N) is 2. The summed E-state index contributed by atoms with van der Waals surface area (Å²) in [7, 11) is 4.12. The molecule has 0 aromatic heterocycles. The molecule has 0 aliphatic heterocycles. The van der Waals surface area contributed by atoms with Crippen molar-refractivity contribution < 1.29 is 29.0 Å². The summed E-state index contributed by atoms with van der Waals surface area (Å²) in [5, 5.41) is 13.7. The molecule has 9 heteroatoms. The highest BCUT2D eigenvalue weighted by Gasteiger charge is 2.22. The van der Waals surface area contributed by atoms with E-state index in [0.717, 1.165) is 0 Å². The number of carbonyl (C=O) groups excluding carboxylic acids is 3. The molecule has 0 heterocycles. The summed E-state index contributed by atoms with van der Waals surface area (Å²) in [6, 6.07) is -1.82. The molecule has 0 saturated carbocycles. The highest BCUT2D eigenvalue weighted by atomic mass is 16.5. The Morgan fingerprint density at radius 3 is 2.33 bits per heavy atom. The van der Waals surface area contributed by atoms with Gasteiger partial charge in [0.05, 0.1) is 7.11 Å². The summed E-state index contributed by atoms with van der Waals surface area (Å²) >= 11 is 0. The van der Waals surface area contributed by atoms with E-state index in [1.54, 1.807) is 0 Å². The van der Waals surface area contributed by atoms with Crippen LogP contribution in [0.4, 0.5) is 4.79 Å². The van der Waals surface area contributed by atoms with Gasteiger partial charge in [-0.25, -0.2) is 9.59 Å². The van der Waals surface area contributed by atoms with Crippen molar-refractivity contribution in [3.8, 4) is 0 Å². The monoisotopic (exact) mass is 303 g/mol. The van der Waals surface area contributed by atoms with E-state index in [1.807, 2.05) is 0 Å². The van der Waals surface area contributed by atoms with Crippen LogP contribution in [-0.2, 0) is 19.1 Å². The first-order valence-electron chi connectivity index (χ1n) is 6.33. The molecule has 0 aliphatic rings. The van der Waals surface area contributed by atoms with E-state index in [2.05, 4.69) is 15.4 Å². The first-order valence-corrected chi connectivity index (χ1v) is 6.33. The highest BCUT2D eigenvalue weighted by molar-refractivity contribution is 5.83. The molecule has 3 N–H and O–H groups in total. The number of rotatable bonds is 8. The van der Waals surface area contributed by atoms with Gasteiger partial charge in [-0.2, -0.15) is 0 Å². The lowest BCUT2D eigenvalue weighted by Gasteiger charge is -2.21. The summed E-state index contributed by atoms with van der Waals surface area (Å²) in [6.07, 6.45) is -0.0763. The van der Waals surface area contributed by atoms with E-state index >= 15 is 0 Å². The third kappa shape index (κ3) is 7.75. The SMILES string of the molecule is CNC(=O)CCN(C)C(=O)N[C@H](CCC(=O)OC)C(=O)O. The number of esters is 1. The van der Waals surface area contributed by atoms with E-state index in [0.29, 0.717) is 0 Å². The molecule has 0 spiro atoms. The molecule has 0 bridgehead atoms. The molecule has 3 amide bonds. The Morgan fingerprint density at radius 1 is 1.24 bits per heavy atom. The summed E-state index contributed by atoms with van der Waals surface area (Å²) in [4.78, 5) is 46.0. The van der Waals surface area contributed by atoms with Crippen molar-refractivity contribution >= 4 is 23.9 Å². The molecular formula is C12H21N3O6. The Kier molecular flexibility index (Phi) is 8.51. The van der Waals surface area contributed by atoms with Gasteiger partial charge in [0.2, 0.25) is 5.91 Å². The Hall–Kier alpha value is -2.32. The third-order valence-corrected chi connectivity index (χ3v) is 2.76. The fourth-order valence-corrected chi connectivity index (χ4v) is 1.38. The molecule has 1 atom stereocenters. The van der Waals surface area contributed by atoms with Crippen molar-refractivity contribution in [3.63, 3.8) is 0 Å². The van der Waals surface area contributed by atoms with Gasteiger partial charge in [-0.3, -0.25) is 9.59 Å². The number of urea groups is 1. The highest BCUT2D eigenvalue weighted by Crippen LogP contribution is 2.01. The zero-order valence-electron chi connectivity index (χ0n) is 12.3. The summed E-state index contributed by atoms with van der Waals surface area (Å²) in [5.74, 6) is -2.02. The average Bonchev–Trinajstić information content (AvgIpc) is 2.47. The van der Waals surface area contributed by atoms with Crippen LogP contribution in [0, 0.1) is 0 Å². The van der Waals surface area contributed by atoms with Crippen molar-refractivity contribution in [2.75, 3.05) is 27.7 Å². The first-order chi connectivity index (χ1) is 9.81. The van der Waals surface area contributed by atoms with E-state index in [4.69, 9.17) is 5.11 Å². The Balaban J connectivity index is 4.36. The van der Waals surface area contributed by atoms with E-state index in [1.165, 1.54) is 26.1 Å². The van der Waals surface area contributed by atoms with Crippen LogP contribution in [0.2, 0.25) is 0 Å². The van der Waals surface area contributed by atoms with Crippen molar-refractivity contribution in [2.45, 2.75) is 25.3 Å². The molecule has 0 saturated heterocycles. The Labute approximate surface area is 122 Å². The number of methoxy groups -OCH3 is 1. The van der Waals surface area contributed by atoms with Gasteiger partial charge in [-0.15, -0.1) is 0 Å². The minimum atomic E-state index is -1.24. The predicted octanol–water partition coefficient (Wildman–Crippen LogP) is -0.830. The van der Waals surface area contributed by atoms with Crippen LogP contribution in [0.5, 0.6) is 0 Å². The quantitative estimate of drug-likeness (QED) is 0.503. The molecule has 0 radical (unpaired) electrons. The van der Waals surface area contributed by atoms with Crippen molar-refractivity contribution in [2.24, 2.45) is 0 Å². The lowest BCUT2D eigenvalue weighted by molar-refractivity contribution is -0.142. The van der Waals surface area contributed by atoms with Gasteiger partial charge in [0.1, 0.15) is 6.04 Å². The van der Waals surface area contributed by atoms with Crippen LogP contribution in [0.3, 0.4) is 0 Å². The minimum absolute atomic E-state index is 0.0724. The molecule has 0 aliphatic carbocycles. The van der Waals surface area contributed by atoms with Gasteiger partial charge in [0.15, 0.2) is 0 Å². The van der Waals surface area contributed by atoms with Gasteiger partial charge in [-0.05, 0) is 6.42 Å². The lowest BCUT2D eigenvalue weighted by atomic mass is 10.1. The third-order valence-electron chi connectivity index (χ3n) is 2.76. The van der Waals surface area contributed by atoms with Crippen molar-refractivity contribution in [1.29, 1.82) is 0 Å². The van der Waals surface area contributed by atoms with Crippen LogP contribution in [0.15, 0.2) is 0 Å². The number of carboxylic acids is 1.